The fraction of sp³-hybridized carbons (Fsp3) is 0.500. The number of hydrogen-bond donors (Lipinski definition) is 1. The van der Waals surface area contributed by atoms with E-state index in [1.165, 1.54) is 0 Å². The van der Waals surface area contributed by atoms with Gasteiger partial charge in [-0.15, -0.1) is 0 Å². The van der Waals surface area contributed by atoms with Crippen LogP contribution in [0.5, 0.6) is 0 Å². The van der Waals surface area contributed by atoms with Crippen LogP contribution in [0.25, 0.3) is 5.57 Å². The van der Waals surface area contributed by atoms with E-state index in [4.69, 9.17) is 0 Å². The highest BCUT2D eigenvalue weighted by atomic mass is 19.1. The minimum atomic E-state index is -0.162. The topological polar surface area (TPSA) is 12.0 Å². The summed E-state index contributed by atoms with van der Waals surface area (Å²) < 4.78 is 13.3. The summed E-state index contributed by atoms with van der Waals surface area (Å²) in [5, 5.41) is 3.43. The van der Waals surface area contributed by atoms with Gasteiger partial charge in [-0.3, -0.25) is 0 Å². The first-order valence-electron chi connectivity index (χ1n) is 6.47. The minimum Gasteiger partial charge on any atom is -0.312 e. The third kappa shape index (κ3) is 5.46. The van der Waals surface area contributed by atoms with Crippen LogP contribution in [0.3, 0.4) is 0 Å². The van der Waals surface area contributed by atoms with Crippen LogP contribution >= 0.6 is 0 Å². The van der Waals surface area contributed by atoms with Crippen molar-refractivity contribution >= 4 is 5.57 Å². The molecule has 0 saturated carbocycles. The van der Waals surface area contributed by atoms with E-state index in [1.807, 2.05) is 19.9 Å². The molecule has 2 heteroatoms. The highest BCUT2D eigenvalue weighted by molar-refractivity contribution is 5.64. The van der Waals surface area contributed by atoms with Crippen molar-refractivity contribution in [1.82, 2.24) is 5.32 Å². The van der Waals surface area contributed by atoms with Crippen LogP contribution in [-0.4, -0.2) is 12.1 Å². The highest BCUT2D eigenvalue weighted by Crippen LogP contribution is 2.17. The molecule has 0 bridgehead atoms. The lowest BCUT2D eigenvalue weighted by Gasteiger charge is -2.19. The van der Waals surface area contributed by atoms with Gasteiger partial charge in [0.1, 0.15) is 5.82 Å². The number of aryl methyl sites for hydroxylation is 1. The number of nitrogens with one attached hydrogen (secondary N) is 1. The van der Waals surface area contributed by atoms with Crippen molar-refractivity contribution in [3.63, 3.8) is 0 Å². The second-order valence-electron chi connectivity index (χ2n) is 5.87. The molecule has 1 N–H and O–H groups in total. The Labute approximate surface area is 110 Å². The molecule has 0 heterocycles. The van der Waals surface area contributed by atoms with E-state index in [0.717, 1.165) is 29.7 Å². The van der Waals surface area contributed by atoms with E-state index in [9.17, 15) is 4.39 Å². The molecule has 1 aromatic rings. The molecular formula is C16H24FN. The third-order valence-electron chi connectivity index (χ3n) is 2.75. The Morgan fingerprint density at radius 1 is 1.28 bits per heavy atom. The second kappa shape index (κ2) is 6.14. The molecule has 0 radical (unpaired) electrons. The molecule has 0 amide bonds. The Morgan fingerprint density at radius 2 is 1.94 bits per heavy atom. The van der Waals surface area contributed by atoms with Gasteiger partial charge in [-0.25, -0.2) is 4.39 Å². The van der Waals surface area contributed by atoms with Crippen LogP contribution in [0.4, 0.5) is 4.39 Å². The molecule has 1 nitrogen and oxygen atoms in total. The molecule has 0 fully saturated rings. The van der Waals surface area contributed by atoms with Gasteiger partial charge in [0, 0.05) is 5.54 Å². The third-order valence-corrected chi connectivity index (χ3v) is 2.75. The summed E-state index contributed by atoms with van der Waals surface area (Å²) in [5.74, 6) is -0.162. The maximum atomic E-state index is 13.3. The van der Waals surface area contributed by atoms with E-state index in [-0.39, 0.29) is 11.4 Å². The fourth-order valence-corrected chi connectivity index (χ4v) is 1.82. The summed E-state index contributed by atoms with van der Waals surface area (Å²) in [7, 11) is 0. The van der Waals surface area contributed by atoms with Gasteiger partial charge in [0.25, 0.3) is 0 Å². The molecular weight excluding hydrogens is 225 g/mol. The lowest BCUT2D eigenvalue weighted by Crippen LogP contribution is -2.36. The number of rotatable bonds is 4. The van der Waals surface area contributed by atoms with E-state index in [2.05, 4.69) is 32.2 Å². The predicted octanol–water partition coefficient (Wildman–Crippen LogP) is 4.32. The quantitative estimate of drug-likeness (QED) is 0.784. The maximum Gasteiger partial charge on any atom is 0.124 e. The molecule has 0 aliphatic rings. The van der Waals surface area contributed by atoms with Gasteiger partial charge in [-0.2, -0.15) is 0 Å². The normalized spacial score (nSPS) is 12.9. The van der Waals surface area contributed by atoms with Gasteiger partial charge in [-0.05, 0) is 76.4 Å². The standard InChI is InChI=1S/C16H24FN/c1-12-9-14(11-15(17)10-12)13(2)7-6-8-18-16(3,4)5/h7,9-11,18H,6,8H2,1-5H3. The van der Waals surface area contributed by atoms with Crippen molar-refractivity contribution in [2.45, 2.75) is 46.6 Å². The Morgan fingerprint density at radius 3 is 2.50 bits per heavy atom. The number of hydrogen-bond acceptors (Lipinski definition) is 1. The van der Waals surface area contributed by atoms with E-state index < -0.39 is 0 Å². The lowest BCUT2D eigenvalue weighted by atomic mass is 10.0. The van der Waals surface area contributed by atoms with Gasteiger partial charge in [0.15, 0.2) is 0 Å². The van der Waals surface area contributed by atoms with Crippen LogP contribution < -0.4 is 5.32 Å². The van der Waals surface area contributed by atoms with Crippen molar-refractivity contribution in [2.24, 2.45) is 0 Å². The Bertz CT molecular complexity index is 407. The van der Waals surface area contributed by atoms with Crippen molar-refractivity contribution in [3.8, 4) is 0 Å². The van der Waals surface area contributed by atoms with Crippen molar-refractivity contribution in [1.29, 1.82) is 0 Å². The Hall–Kier alpha value is -1.15. The largest absolute Gasteiger partial charge is 0.312 e. The first-order chi connectivity index (χ1) is 8.28. The van der Waals surface area contributed by atoms with Gasteiger partial charge < -0.3 is 5.32 Å². The van der Waals surface area contributed by atoms with Crippen molar-refractivity contribution in [2.75, 3.05) is 6.54 Å². The second-order valence-corrected chi connectivity index (χ2v) is 5.87. The molecule has 18 heavy (non-hydrogen) atoms. The van der Waals surface area contributed by atoms with Crippen LogP contribution in [0.1, 0.15) is 45.2 Å². The minimum absolute atomic E-state index is 0.150. The van der Waals surface area contributed by atoms with Crippen LogP contribution in [0.15, 0.2) is 24.3 Å². The van der Waals surface area contributed by atoms with Crippen LogP contribution in [-0.2, 0) is 0 Å². The van der Waals surface area contributed by atoms with Gasteiger partial charge in [0.05, 0.1) is 0 Å². The molecule has 0 saturated heterocycles. The average molecular weight is 249 g/mol. The number of benzene rings is 1. The zero-order valence-corrected chi connectivity index (χ0v) is 12.1. The number of allylic oxidation sites excluding steroid dienone is 1. The molecule has 0 aliphatic carbocycles. The monoisotopic (exact) mass is 249 g/mol. The average Bonchev–Trinajstić information content (AvgIpc) is 2.21. The predicted molar refractivity (Wildman–Crippen MR) is 77.2 cm³/mol. The molecule has 0 atom stereocenters. The van der Waals surface area contributed by atoms with Gasteiger partial charge >= 0.3 is 0 Å². The zero-order valence-electron chi connectivity index (χ0n) is 12.1. The van der Waals surface area contributed by atoms with E-state index in [1.54, 1.807) is 12.1 Å². The summed E-state index contributed by atoms with van der Waals surface area (Å²) in [6.45, 7) is 11.3. The summed E-state index contributed by atoms with van der Waals surface area (Å²) in [6.07, 6.45) is 3.12. The van der Waals surface area contributed by atoms with E-state index >= 15 is 0 Å². The van der Waals surface area contributed by atoms with Crippen molar-refractivity contribution in [3.05, 3.63) is 41.2 Å². The molecule has 0 aromatic heterocycles. The molecule has 0 unspecified atom stereocenters. The SMILES string of the molecule is CC(=CCCNC(C)(C)C)c1cc(C)cc(F)c1. The van der Waals surface area contributed by atoms with Crippen LogP contribution in [0.2, 0.25) is 0 Å². The van der Waals surface area contributed by atoms with Gasteiger partial charge in [0.2, 0.25) is 0 Å². The van der Waals surface area contributed by atoms with Crippen molar-refractivity contribution < 1.29 is 4.39 Å². The summed E-state index contributed by atoms with van der Waals surface area (Å²) in [5.41, 5.74) is 3.22. The first-order valence-corrected chi connectivity index (χ1v) is 6.47. The van der Waals surface area contributed by atoms with Crippen LogP contribution in [0, 0.1) is 12.7 Å². The Balaban J connectivity index is 2.60. The maximum absolute atomic E-state index is 13.3. The molecule has 1 aromatic carbocycles. The fourth-order valence-electron chi connectivity index (χ4n) is 1.82. The zero-order chi connectivity index (χ0) is 13.8. The summed E-state index contributed by atoms with van der Waals surface area (Å²) >= 11 is 0. The highest BCUT2D eigenvalue weighted by Gasteiger charge is 2.06. The molecule has 100 valence electrons. The smallest absolute Gasteiger partial charge is 0.124 e. The van der Waals surface area contributed by atoms with Gasteiger partial charge in [-0.1, -0.05) is 12.1 Å². The molecule has 1 rings (SSSR count). The Kier molecular flexibility index (Phi) is 5.09. The molecule has 0 spiro atoms. The summed E-state index contributed by atoms with van der Waals surface area (Å²) in [4.78, 5) is 0. The molecule has 0 aliphatic heterocycles. The van der Waals surface area contributed by atoms with E-state index in [0.29, 0.717) is 0 Å². The summed E-state index contributed by atoms with van der Waals surface area (Å²) in [6, 6.07) is 5.17. The first kappa shape index (κ1) is 14.9. The lowest BCUT2D eigenvalue weighted by molar-refractivity contribution is 0.431. The number of halogens is 1.